The Kier molecular flexibility index (Phi) is 5.53. The van der Waals surface area contributed by atoms with Gasteiger partial charge in [0.1, 0.15) is 18.2 Å². The summed E-state index contributed by atoms with van der Waals surface area (Å²) in [7, 11) is 1.81. The summed E-state index contributed by atoms with van der Waals surface area (Å²) in [5, 5.41) is 29.2. The van der Waals surface area contributed by atoms with Gasteiger partial charge in [-0.3, -0.25) is 0 Å². The summed E-state index contributed by atoms with van der Waals surface area (Å²) in [5.74, 6) is 0.723. The molecule has 4 rings (SSSR count). The zero-order valence-electron chi connectivity index (χ0n) is 16.2. The number of fused-ring (bicyclic) bond motifs is 1. The first-order valence-electron chi connectivity index (χ1n) is 9.81. The molecule has 0 saturated heterocycles. The number of halogens is 1. The first-order valence-corrected chi connectivity index (χ1v) is 9.81. The van der Waals surface area contributed by atoms with Crippen LogP contribution in [-0.2, 0) is 0 Å². The van der Waals surface area contributed by atoms with Crippen LogP contribution in [0.3, 0.4) is 0 Å². The average molecular weight is 397 g/mol. The SMILES string of the molecule is CN(c1ccc(-c2cc3cncnc3cc2O)nn1)[C@@H]1C[C@H](CO)CCC[C@@H]1F. The molecule has 7 nitrogen and oxygen atoms in total. The lowest BCUT2D eigenvalue weighted by atomic mass is 9.97. The van der Waals surface area contributed by atoms with E-state index >= 15 is 0 Å². The average Bonchev–Trinajstić information content (AvgIpc) is 2.94. The lowest BCUT2D eigenvalue weighted by molar-refractivity contribution is 0.197. The molecule has 1 saturated carbocycles. The van der Waals surface area contributed by atoms with Gasteiger partial charge < -0.3 is 15.1 Å². The van der Waals surface area contributed by atoms with Crippen LogP contribution in [0.25, 0.3) is 22.2 Å². The molecule has 0 unspecified atom stereocenters. The molecule has 1 aliphatic rings. The molecule has 1 fully saturated rings. The van der Waals surface area contributed by atoms with Gasteiger partial charge >= 0.3 is 0 Å². The van der Waals surface area contributed by atoms with Crippen LogP contribution in [-0.4, -0.2) is 56.2 Å². The second-order valence-corrected chi connectivity index (χ2v) is 7.64. The number of alkyl halides is 1. The Labute approximate surface area is 168 Å². The monoisotopic (exact) mass is 397 g/mol. The van der Waals surface area contributed by atoms with Gasteiger partial charge in [-0.2, -0.15) is 0 Å². The highest BCUT2D eigenvalue weighted by Gasteiger charge is 2.31. The Morgan fingerprint density at radius 3 is 2.83 bits per heavy atom. The van der Waals surface area contributed by atoms with Crippen LogP contribution in [0, 0.1) is 5.92 Å². The summed E-state index contributed by atoms with van der Waals surface area (Å²) in [6.07, 6.45) is 4.84. The van der Waals surface area contributed by atoms with Gasteiger partial charge in [0.05, 0.1) is 17.3 Å². The summed E-state index contributed by atoms with van der Waals surface area (Å²) in [6.45, 7) is 0.0760. The molecule has 3 atom stereocenters. The third kappa shape index (κ3) is 3.98. The fourth-order valence-electron chi connectivity index (χ4n) is 4.02. The Balaban J connectivity index is 1.59. The molecule has 0 amide bonds. The van der Waals surface area contributed by atoms with E-state index in [-0.39, 0.29) is 24.3 Å². The standard InChI is InChI=1S/C21H24FN5O2/c1-27(19-7-13(11-28)3-2-4-16(19)22)21-6-5-17(25-26-21)15-8-14-10-23-12-24-18(14)9-20(15)29/h5-6,8-10,12-13,16,19,28-29H,2-4,7,11H2,1H3/t13-,16+,19-/m1/s1. The maximum absolute atomic E-state index is 14.7. The summed E-state index contributed by atoms with van der Waals surface area (Å²) < 4.78 is 14.7. The van der Waals surface area contributed by atoms with Crippen molar-refractivity contribution in [1.29, 1.82) is 0 Å². The molecular weight excluding hydrogens is 373 g/mol. The molecule has 152 valence electrons. The van der Waals surface area contributed by atoms with Gasteiger partial charge in [0.2, 0.25) is 0 Å². The van der Waals surface area contributed by atoms with Crippen molar-refractivity contribution in [3.63, 3.8) is 0 Å². The van der Waals surface area contributed by atoms with Crippen molar-refractivity contribution in [2.24, 2.45) is 5.92 Å². The Bertz CT molecular complexity index is 984. The molecule has 0 radical (unpaired) electrons. The molecule has 2 heterocycles. The normalized spacial score (nSPS) is 22.4. The van der Waals surface area contributed by atoms with E-state index in [1.807, 2.05) is 11.9 Å². The summed E-state index contributed by atoms with van der Waals surface area (Å²) in [4.78, 5) is 9.94. The molecule has 1 aliphatic carbocycles. The van der Waals surface area contributed by atoms with Gasteiger partial charge in [-0.25, -0.2) is 14.4 Å². The highest BCUT2D eigenvalue weighted by atomic mass is 19.1. The highest BCUT2D eigenvalue weighted by molar-refractivity contribution is 5.86. The molecule has 2 N–H and O–H groups in total. The number of rotatable bonds is 4. The lowest BCUT2D eigenvalue weighted by Crippen LogP contribution is -2.40. The number of benzene rings is 1. The Morgan fingerprint density at radius 2 is 2.07 bits per heavy atom. The summed E-state index contributed by atoms with van der Waals surface area (Å²) >= 11 is 0. The number of nitrogens with zero attached hydrogens (tertiary/aromatic N) is 5. The maximum Gasteiger partial charge on any atom is 0.151 e. The number of aromatic nitrogens is 4. The summed E-state index contributed by atoms with van der Waals surface area (Å²) in [5.41, 5.74) is 1.69. The zero-order chi connectivity index (χ0) is 20.4. The van der Waals surface area contributed by atoms with E-state index in [0.717, 1.165) is 18.2 Å². The van der Waals surface area contributed by atoms with E-state index in [2.05, 4.69) is 20.2 Å². The van der Waals surface area contributed by atoms with Crippen molar-refractivity contribution in [3.8, 4) is 17.0 Å². The molecule has 2 aromatic heterocycles. The minimum Gasteiger partial charge on any atom is -0.507 e. The van der Waals surface area contributed by atoms with E-state index in [9.17, 15) is 14.6 Å². The van der Waals surface area contributed by atoms with E-state index in [4.69, 9.17) is 0 Å². The number of hydrogen-bond donors (Lipinski definition) is 2. The zero-order valence-corrected chi connectivity index (χ0v) is 16.2. The van der Waals surface area contributed by atoms with E-state index in [0.29, 0.717) is 35.4 Å². The largest absolute Gasteiger partial charge is 0.507 e. The Hall–Kier alpha value is -2.87. The highest BCUT2D eigenvalue weighted by Crippen LogP contribution is 2.33. The van der Waals surface area contributed by atoms with Crippen LogP contribution in [0.4, 0.5) is 10.2 Å². The van der Waals surface area contributed by atoms with Crippen LogP contribution < -0.4 is 4.90 Å². The maximum atomic E-state index is 14.7. The minimum atomic E-state index is -0.970. The fourth-order valence-corrected chi connectivity index (χ4v) is 4.02. The number of aliphatic hydroxyl groups is 1. The van der Waals surface area contributed by atoms with Crippen LogP contribution in [0.15, 0.2) is 36.8 Å². The number of aliphatic hydroxyl groups excluding tert-OH is 1. The number of phenols is 1. The van der Waals surface area contributed by atoms with E-state index in [1.165, 1.54) is 6.33 Å². The van der Waals surface area contributed by atoms with Crippen molar-refractivity contribution in [2.75, 3.05) is 18.6 Å². The molecule has 0 bridgehead atoms. The van der Waals surface area contributed by atoms with Crippen LogP contribution >= 0.6 is 0 Å². The molecule has 0 spiro atoms. The van der Waals surface area contributed by atoms with E-state index in [1.54, 1.807) is 30.5 Å². The lowest BCUT2D eigenvalue weighted by Gasteiger charge is -2.31. The van der Waals surface area contributed by atoms with Crippen molar-refractivity contribution in [2.45, 2.75) is 37.9 Å². The predicted octanol–water partition coefficient (Wildman–Crippen LogP) is 3.12. The molecule has 29 heavy (non-hydrogen) atoms. The number of anilines is 1. The first-order chi connectivity index (χ1) is 14.1. The Morgan fingerprint density at radius 1 is 1.21 bits per heavy atom. The molecule has 1 aromatic carbocycles. The number of aromatic hydroxyl groups is 1. The van der Waals surface area contributed by atoms with Crippen LogP contribution in [0.5, 0.6) is 5.75 Å². The van der Waals surface area contributed by atoms with Gasteiger partial charge in [0, 0.05) is 36.9 Å². The molecule has 3 aromatic rings. The van der Waals surface area contributed by atoms with Gasteiger partial charge in [0.15, 0.2) is 5.82 Å². The van der Waals surface area contributed by atoms with Crippen LogP contribution in [0.1, 0.15) is 25.7 Å². The van der Waals surface area contributed by atoms with Gasteiger partial charge in [0.25, 0.3) is 0 Å². The third-order valence-electron chi connectivity index (χ3n) is 5.75. The van der Waals surface area contributed by atoms with Crippen molar-refractivity contribution in [3.05, 3.63) is 36.8 Å². The molecule has 8 heteroatoms. The fraction of sp³-hybridized carbons (Fsp3) is 0.429. The molecular formula is C21H24FN5O2. The van der Waals surface area contributed by atoms with Gasteiger partial charge in [-0.15, -0.1) is 10.2 Å². The summed E-state index contributed by atoms with van der Waals surface area (Å²) in [6, 6.07) is 6.53. The smallest absolute Gasteiger partial charge is 0.151 e. The number of hydrogen-bond acceptors (Lipinski definition) is 7. The third-order valence-corrected chi connectivity index (χ3v) is 5.75. The first kappa shape index (κ1) is 19.4. The van der Waals surface area contributed by atoms with Crippen molar-refractivity contribution in [1.82, 2.24) is 20.2 Å². The topological polar surface area (TPSA) is 95.3 Å². The quantitative estimate of drug-likeness (QED) is 0.653. The minimum absolute atomic E-state index is 0.0602. The second-order valence-electron chi connectivity index (χ2n) is 7.64. The van der Waals surface area contributed by atoms with Gasteiger partial charge in [-0.1, -0.05) is 6.42 Å². The van der Waals surface area contributed by atoms with Crippen molar-refractivity contribution < 1.29 is 14.6 Å². The predicted molar refractivity (Wildman–Crippen MR) is 108 cm³/mol. The molecule has 0 aliphatic heterocycles. The van der Waals surface area contributed by atoms with Gasteiger partial charge in [-0.05, 0) is 43.4 Å². The second kappa shape index (κ2) is 8.24. The van der Waals surface area contributed by atoms with Crippen LogP contribution in [0.2, 0.25) is 0 Å². The number of phenolic OH excluding ortho intramolecular Hbond substituents is 1. The van der Waals surface area contributed by atoms with Crippen molar-refractivity contribution >= 4 is 16.7 Å². The van der Waals surface area contributed by atoms with E-state index < -0.39 is 6.17 Å².